The first-order valence-electron chi connectivity index (χ1n) is 53.1. The summed E-state index contributed by atoms with van der Waals surface area (Å²) in [5.74, 6) is 0. The maximum Gasteiger partial charge on any atom is 0.0539 e. The smallest absolute Gasteiger partial charge is 0.0539 e. The molecule has 0 spiro atoms. The van der Waals surface area contributed by atoms with Crippen molar-refractivity contribution in [2.45, 2.75) is 285 Å². The standard InChI is InChI=1S/3C34H23N.15C2H6/c1-4-10-26-20(7-1)13-23-14-24-15-25-18-29-27-11-5-2-8-21(27)16-30(29)31-17-22-9-3-6-12-32(22)35(34(25)31)33(24)19-28(23)26;1-4-10-27-20(7-1)13-23-15-24-16-26-17-25-14-21-8-2-5-11-28(21)33(25)30-18-22-9-3-6-12-31(22)35(34(26)30)32(24)19-29(23)27;1-4-10-27-20(7-1)13-23-16-24-18-30-33-25(14-21-8-2-5-11-28(21)33)17-26-15-22-9-3-6-12-31(22)35(34(26)30)32(24)19-29(23)27;15*1-2/h1-12,14,18-19H,13,15-17H2;1-12,15,17,19H,13-14,16,18H2;1-12,16-17,19H,13-15,18H2;15*1-2H3. The van der Waals surface area contributed by atoms with Crippen molar-refractivity contribution in [2.24, 2.45) is 0 Å². The third kappa shape index (κ3) is 19.0. The zero-order valence-corrected chi connectivity index (χ0v) is 88.3. The zero-order valence-electron chi connectivity index (χ0n) is 88.3. The van der Waals surface area contributed by atoms with E-state index in [1.165, 1.54) is 240 Å². The molecule has 6 aliphatic heterocycles. The maximum atomic E-state index is 2.60. The third-order valence-electron chi connectivity index (χ3n) is 26.0. The van der Waals surface area contributed by atoms with Gasteiger partial charge in [0.15, 0.2) is 0 Å². The van der Waals surface area contributed by atoms with Crippen LogP contribution in [0.1, 0.15) is 341 Å². The van der Waals surface area contributed by atoms with Crippen LogP contribution in [-0.4, -0.2) is 0 Å². The SMILES string of the molecule is CC.CC.CC.CC.CC.CC.CC.CC.CC.CC.CC.CC.CC.CC.CC.c1ccc2c(c1)Cc1cc3c(cc1-2)N1c2ccccc2Cc2c4c(cc(c21)C3)-c1ccccc1C4.c1ccc2c(c1)Cc1cc3c(cc1-2)N1c2ccccc2Cc2c4c(cc(c21)C3)Cc1ccccc1-4.c1ccc2c(c1)Cc1cc3c(cc1-2)N1c2ccccc2Cc2cc4c(c(c21)C3)-c1ccccc1C4. The molecule has 0 fully saturated rings. The molecule has 0 radical (unpaired) electrons. The summed E-state index contributed by atoms with van der Waals surface area (Å²) in [6.07, 6.45) is 12.4. The molecule has 0 amide bonds. The largest absolute Gasteiger partial charge is 0.309 e. The van der Waals surface area contributed by atoms with Gasteiger partial charge in [0.25, 0.3) is 0 Å². The van der Waals surface area contributed by atoms with Crippen LogP contribution < -0.4 is 14.7 Å². The Bertz CT molecular complexity index is 6480. The van der Waals surface area contributed by atoms with Crippen molar-refractivity contribution in [2.75, 3.05) is 14.7 Å². The predicted octanol–water partition coefficient (Wildman–Crippen LogP) is 39.7. The van der Waals surface area contributed by atoms with Gasteiger partial charge >= 0.3 is 0 Å². The van der Waals surface area contributed by atoms with Crippen LogP contribution >= 0.6 is 0 Å². The lowest BCUT2D eigenvalue weighted by Gasteiger charge is -2.40. The fourth-order valence-corrected chi connectivity index (χ4v) is 21.7. The van der Waals surface area contributed by atoms with Gasteiger partial charge in [0.2, 0.25) is 0 Å². The molecule has 135 heavy (non-hydrogen) atoms. The van der Waals surface area contributed by atoms with Crippen LogP contribution in [0, 0.1) is 0 Å². The molecule has 15 aromatic carbocycles. The molecule has 27 rings (SSSR count). The van der Waals surface area contributed by atoms with E-state index in [4.69, 9.17) is 0 Å². The third-order valence-corrected chi connectivity index (χ3v) is 26.0. The second kappa shape index (κ2) is 49.8. The molecule has 0 saturated heterocycles. The minimum Gasteiger partial charge on any atom is -0.309 e. The van der Waals surface area contributed by atoms with Gasteiger partial charge in [0, 0.05) is 55.6 Å². The molecule has 15 aromatic rings. The van der Waals surface area contributed by atoms with Gasteiger partial charge in [-0.3, -0.25) is 0 Å². The van der Waals surface area contributed by atoms with E-state index in [1.807, 2.05) is 208 Å². The average molecular weight is 1790 g/mol. The topological polar surface area (TPSA) is 9.72 Å². The number of hydrogen-bond donors (Lipinski definition) is 0. The fourth-order valence-electron chi connectivity index (χ4n) is 21.7. The van der Waals surface area contributed by atoms with Gasteiger partial charge in [-0.1, -0.05) is 438 Å². The van der Waals surface area contributed by atoms with Gasteiger partial charge in [-0.25, -0.2) is 0 Å². The van der Waals surface area contributed by atoms with E-state index < -0.39 is 0 Å². The van der Waals surface area contributed by atoms with Crippen molar-refractivity contribution in [1.29, 1.82) is 0 Å². The van der Waals surface area contributed by atoms with Crippen LogP contribution in [-0.2, 0) is 77.0 Å². The first-order chi connectivity index (χ1) is 67.0. The van der Waals surface area contributed by atoms with Crippen molar-refractivity contribution in [3.63, 3.8) is 0 Å². The van der Waals surface area contributed by atoms with Crippen molar-refractivity contribution in [3.05, 3.63) is 407 Å². The Hall–Kier alpha value is -12.3. The number of hydrogen-bond acceptors (Lipinski definition) is 3. The van der Waals surface area contributed by atoms with Crippen LogP contribution in [0.25, 0.3) is 66.8 Å². The van der Waals surface area contributed by atoms with Gasteiger partial charge in [0.1, 0.15) is 0 Å². The summed E-state index contributed by atoms with van der Waals surface area (Å²) < 4.78 is 0. The van der Waals surface area contributed by atoms with E-state index in [1.54, 1.807) is 11.1 Å². The van der Waals surface area contributed by atoms with Crippen LogP contribution in [0.3, 0.4) is 0 Å². The quantitative estimate of drug-likeness (QED) is 0.150. The van der Waals surface area contributed by atoms with Gasteiger partial charge < -0.3 is 14.7 Å². The zero-order chi connectivity index (χ0) is 98.0. The van der Waals surface area contributed by atoms with Crippen molar-refractivity contribution in [1.82, 2.24) is 0 Å². The fraction of sp³-hybridized carbons (Fsp3) is 0.318. The Labute approximate surface area is 818 Å². The van der Waals surface area contributed by atoms with Crippen LogP contribution in [0.15, 0.2) is 273 Å². The second-order valence-electron chi connectivity index (χ2n) is 31.6. The Morgan fingerprint density at radius 1 is 0.126 bits per heavy atom. The molecule has 6 heterocycles. The molecular weight excluding hydrogens is 1630 g/mol. The highest BCUT2D eigenvalue weighted by Crippen LogP contribution is 2.61. The minimum atomic E-state index is 1.01. The lowest BCUT2D eigenvalue weighted by atomic mass is 9.81. The molecule has 3 heteroatoms. The maximum absolute atomic E-state index is 2.60. The Morgan fingerprint density at radius 2 is 0.326 bits per heavy atom. The van der Waals surface area contributed by atoms with Crippen LogP contribution in [0.5, 0.6) is 0 Å². The van der Waals surface area contributed by atoms with E-state index in [2.05, 4.69) is 288 Å². The number of fused-ring (bicyclic) bond motifs is 33. The molecule has 3 nitrogen and oxygen atoms in total. The minimum absolute atomic E-state index is 1.01. The van der Waals surface area contributed by atoms with E-state index >= 15 is 0 Å². The molecular formula is C132H159N3. The molecule has 0 aromatic heterocycles. The van der Waals surface area contributed by atoms with Crippen LogP contribution in [0.4, 0.5) is 51.2 Å². The van der Waals surface area contributed by atoms with Crippen molar-refractivity contribution >= 4 is 51.2 Å². The van der Waals surface area contributed by atoms with E-state index in [-0.39, 0.29) is 0 Å². The Morgan fingerprint density at radius 3 is 0.659 bits per heavy atom. The van der Waals surface area contributed by atoms with E-state index in [0.717, 1.165) is 77.0 Å². The summed E-state index contributed by atoms with van der Waals surface area (Å²) >= 11 is 0. The van der Waals surface area contributed by atoms with Crippen LogP contribution in [0.2, 0.25) is 0 Å². The lowest BCUT2D eigenvalue weighted by Crippen LogP contribution is -2.25. The lowest BCUT2D eigenvalue weighted by molar-refractivity contribution is 0.992. The highest BCUT2D eigenvalue weighted by molar-refractivity contribution is 6.01. The molecule has 0 saturated carbocycles. The first kappa shape index (κ1) is 105. The molecule has 12 aliphatic rings. The predicted molar refractivity (Wildman–Crippen MR) is 600 cm³/mol. The first-order valence-corrected chi connectivity index (χ1v) is 53.1. The molecule has 0 unspecified atom stereocenters. The number of para-hydroxylation sites is 3. The highest BCUT2D eigenvalue weighted by Gasteiger charge is 2.42. The summed E-state index contributed by atoms with van der Waals surface area (Å²) in [4.78, 5) is 7.81. The Kier molecular flexibility index (Phi) is 38.6. The van der Waals surface area contributed by atoms with Gasteiger partial charge in [-0.2, -0.15) is 0 Å². The van der Waals surface area contributed by atoms with Crippen molar-refractivity contribution in [3.8, 4) is 66.8 Å². The summed E-state index contributed by atoms with van der Waals surface area (Å²) in [6, 6.07) is 104. The second-order valence-corrected chi connectivity index (χ2v) is 31.6. The normalized spacial score (nSPS) is 12.3. The summed E-state index contributed by atoms with van der Waals surface area (Å²) in [5, 5.41) is 0. The molecule has 0 bridgehead atoms. The number of rotatable bonds is 0. The molecule has 0 atom stereocenters. The highest BCUT2D eigenvalue weighted by atomic mass is 15.2. The molecule has 6 aliphatic carbocycles. The number of nitrogens with zero attached hydrogens (tertiary/aromatic N) is 3. The number of benzene rings is 15. The summed E-state index contributed by atoms with van der Waals surface area (Å²) in [5.41, 5.74) is 65.2. The van der Waals surface area contributed by atoms with Gasteiger partial charge in [-0.15, -0.1) is 0 Å². The van der Waals surface area contributed by atoms with Gasteiger partial charge in [-0.05, 0) is 281 Å². The Balaban J connectivity index is 0.000000184. The summed E-state index contributed by atoms with van der Waals surface area (Å²) in [7, 11) is 0. The molecule has 702 valence electrons. The van der Waals surface area contributed by atoms with Gasteiger partial charge in [0.05, 0.1) is 34.1 Å². The van der Waals surface area contributed by atoms with E-state index in [9.17, 15) is 0 Å². The number of anilines is 9. The molecule has 0 N–H and O–H groups in total. The van der Waals surface area contributed by atoms with E-state index in [0.29, 0.717) is 0 Å². The monoisotopic (exact) mass is 1790 g/mol. The van der Waals surface area contributed by atoms with Crippen molar-refractivity contribution < 1.29 is 0 Å². The summed E-state index contributed by atoms with van der Waals surface area (Å²) in [6.45, 7) is 60.0. The average Bonchev–Trinajstić information content (AvgIpc) is 1.66.